The standard InChI is InChI=1S/C21H25N3O4S/c1-21(2,3)23-29(27,28)18-11-7-8-16(13-18)22-20(26)15-12-19(25)24(14-15)17-9-5-4-6-10-17/h4-11,13,15,23H,12,14H2,1-3H3,(H,22,26). The molecule has 7 nitrogen and oxygen atoms in total. The number of amides is 2. The number of para-hydroxylation sites is 1. The van der Waals surface area contributed by atoms with Crippen molar-refractivity contribution in [2.45, 2.75) is 37.6 Å². The van der Waals surface area contributed by atoms with Crippen LogP contribution in [0.1, 0.15) is 27.2 Å². The minimum Gasteiger partial charge on any atom is -0.326 e. The second-order valence-corrected chi connectivity index (χ2v) is 9.80. The average molecular weight is 416 g/mol. The Hall–Kier alpha value is -2.71. The van der Waals surface area contributed by atoms with Crippen molar-refractivity contribution in [1.82, 2.24) is 4.72 Å². The van der Waals surface area contributed by atoms with Crippen molar-refractivity contribution in [2.24, 2.45) is 5.92 Å². The van der Waals surface area contributed by atoms with Crippen molar-refractivity contribution in [2.75, 3.05) is 16.8 Å². The van der Waals surface area contributed by atoms with Gasteiger partial charge < -0.3 is 10.2 Å². The van der Waals surface area contributed by atoms with Crippen LogP contribution in [-0.4, -0.2) is 32.3 Å². The molecule has 1 aliphatic rings. The first kappa shape index (κ1) is 21.0. The molecule has 2 aromatic carbocycles. The number of carbonyl (C=O) groups excluding carboxylic acids is 2. The summed E-state index contributed by atoms with van der Waals surface area (Å²) in [7, 11) is -3.71. The fourth-order valence-electron chi connectivity index (χ4n) is 3.19. The minimum absolute atomic E-state index is 0.0682. The summed E-state index contributed by atoms with van der Waals surface area (Å²) in [6, 6.07) is 15.3. The van der Waals surface area contributed by atoms with Crippen LogP contribution in [0.3, 0.4) is 0 Å². The third-order valence-electron chi connectivity index (χ3n) is 4.42. The molecule has 1 atom stereocenters. The Morgan fingerprint density at radius 2 is 1.76 bits per heavy atom. The Kier molecular flexibility index (Phi) is 5.77. The smallest absolute Gasteiger partial charge is 0.241 e. The zero-order valence-corrected chi connectivity index (χ0v) is 17.5. The van der Waals surface area contributed by atoms with Crippen molar-refractivity contribution < 1.29 is 18.0 Å². The maximum absolute atomic E-state index is 12.7. The van der Waals surface area contributed by atoms with E-state index in [0.29, 0.717) is 5.69 Å². The molecule has 1 fully saturated rings. The van der Waals surface area contributed by atoms with Crippen LogP contribution in [0.5, 0.6) is 0 Å². The van der Waals surface area contributed by atoms with Gasteiger partial charge in [0.2, 0.25) is 21.8 Å². The van der Waals surface area contributed by atoms with Crippen LogP contribution >= 0.6 is 0 Å². The number of hydrogen-bond acceptors (Lipinski definition) is 4. The molecule has 1 aliphatic heterocycles. The molecule has 8 heteroatoms. The third kappa shape index (κ3) is 5.21. The summed E-state index contributed by atoms with van der Waals surface area (Å²) in [5.74, 6) is -0.923. The van der Waals surface area contributed by atoms with E-state index in [0.717, 1.165) is 5.69 Å². The largest absolute Gasteiger partial charge is 0.326 e. The summed E-state index contributed by atoms with van der Waals surface area (Å²) in [4.78, 5) is 26.7. The van der Waals surface area contributed by atoms with E-state index in [-0.39, 0.29) is 29.7 Å². The van der Waals surface area contributed by atoms with Crippen molar-refractivity contribution in [1.29, 1.82) is 0 Å². The van der Waals surface area contributed by atoms with E-state index in [2.05, 4.69) is 10.0 Å². The number of nitrogens with one attached hydrogen (secondary N) is 2. The lowest BCUT2D eigenvalue weighted by Gasteiger charge is -2.20. The van der Waals surface area contributed by atoms with E-state index in [1.807, 2.05) is 30.3 Å². The maximum Gasteiger partial charge on any atom is 0.241 e. The van der Waals surface area contributed by atoms with E-state index in [9.17, 15) is 18.0 Å². The number of carbonyl (C=O) groups is 2. The molecule has 154 valence electrons. The Morgan fingerprint density at radius 1 is 1.07 bits per heavy atom. The summed E-state index contributed by atoms with van der Waals surface area (Å²) < 4.78 is 27.6. The highest BCUT2D eigenvalue weighted by molar-refractivity contribution is 7.89. The van der Waals surface area contributed by atoms with Gasteiger partial charge in [-0.05, 0) is 51.1 Å². The van der Waals surface area contributed by atoms with Crippen LogP contribution in [0.15, 0.2) is 59.5 Å². The summed E-state index contributed by atoms with van der Waals surface area (Å²) >= 11 is 0. The van der Waals surface area contributed by atoms with Gasteiger partial charge in [-0.3, -0.25) is 9.59 Å². The van der Waals surface area contributed by atoms with E-state index in [1.54, 1.807) is 37.8 Å². The molecule has 0 aliphatic carbocycles. The number of nitrogens with zero attached hydrogens (tertiary/aromatic N) is 1. The van der Waals surface area contributed by atoms with Gasteiger partial charge in [-0.25, -0.2) is 13.1 Å². The molecule has 1 saturated heterocycles. The van der Waals surface area contributed by atoms with Crippen LogP contribution in [0.4, 0.5) is 11.4 Å². The molecule has 0 spiro atoms. The second kappa shape index (κ2) is 7.96. The molecule has 29 heavy (non-hydrogen) atoms. The first-order valence-electron chi connectivity index (χ1n) is 9.35. The predicted molar refractivity (Wildman–Crippen MR) is 112 cm³/mol. The van der Waals surface area contributed by atoms with Gasteiger partial charge in [-0.2, -0.15) is 0 Å². The second-order valence-electron chi connectivity index (χ2n) is 8.11. The van der Waals surface area contributed by atoms with Gasteiger partial charge in [-0.15, -0.1) is 0 Å². The average Bonchev–Trinajstić information content (AvgIpc) is 3.03. The van der Waals surface area contributed by atoms with Gasteiger partial charge in [0.1, 0.15) is 0 Å². The van der Waals surface area contributed by atoms with Crippen molar-refractivity contribution >= 4 is 33.2 Å². The quantitative estimate of drug-likeness (QED) is 0.785. The SMILES string of the molecule is CC(C)(C)NS(=O)(=O)c1cccc(NC(=O)C2CC(=O)N(c3ccccc3)C2)c1. The molecule has 2 aromatic rings. The molecule has 2 N–H and O–H groups in total. The molecule has 1 heterocycles. The number of rotatable bonds is 5. The topological polar surface area (TPSA) is 95.6 Å². The molecule has 0 saturated carbocycles. The normalized spacial score (nSPS) is 17.4. The van der Waals surface area contributed by atoms with Crippen molar-refractivity contribution in [3.63, 3.8) is 0 Å². The van der Waals surface area contributed by atoms with Crippen LogP contribution < -0.4 is 14.9 Å². The Balaban J connectivity index is 1.71. The lowest BCUT2D eigenvalue weighted by molar-refractivity contribution is -0.122. The fourth-order valence-corrected chi connectivity index (χ4v) is 4.65. The van der Waals surface area contributed by atoms with Gasteiger partial charge in [0.25, 0.3) is 0 Å². The van der Waals surface area contributed by atoms with E-state index < -0.39 is 21.5 Å². The van der Waals surface area contributed by atoms with Crippen molar-refractivity contribution in [3.05, 3.63) is 54.6 Å². The van der Waals surface area contributed by atoms with Gasteiger partial charge in [-0.1, -0.05) is 24.3 Å². The lowest BCUT2D eigenvalue weighted by atomic mass is 10.1. The summed E-state index contributed by atoms with van der Waals surface area (Å²) in [5, 5.41) is 2.74. The van der Waals surface area contributed by atoms with Crippen LogP contribution in [-0.2, 0) is 19.6 Å². The molecule has 3 rings (SSSR count). The molecular formula is C21H25N3O4S. The van der Waals surface area contributed by atoms with E-state index >= 15 is 0 Å². The first-order valence-corrected chi connectivity index (χ1v) is 10.8. The zero-order chi connectivity index (χ0) is 21.2. The molecule has 0 radical (unpaired) electrons. The van der Waals surface area contributed by atoms with Crippen LogP contribution in [0, 0.1) is 5.92 Å². The van der Waals surface area contributed by atoms with Crippen molar-refractivity contribution in [3.8, 4) is 0 Å². The number of hydrogen-bond donors (Lipinski definition) is 2. The molecule has 1 unspecified atom stereocenters. The van der Waals surface area contributed by atoms with Gasteiger partial charge >= 0.3 is 0 Å². The molecule has 0 bridgehead atoms. The number of anilines is 2. The van der Waals surface area contributed by atoms with E-state index in [4.69, 9.17) is 0 Å². The maximum atomic E-state index is 12.7. The molecule has 0 aromatic heterocycles. The van der Waals surface area contributed by atoms with Gasteiger partial charge in [0, 0.05) is 29.9 Å². The predicted octanol–water partition coefficient (Wildman–Crippen LogP) is 2.76. The summed E-state index contributed by atoms with van der Waals surface area (Å²) in [5.41, 5.74) is 0.509. The minimum atomic E-state index is -3.71. The molecule has 2 amide bonds. The number of sulfonamides is 1. The van der Waals surface area contributed by atoms with Gasteiger partial charge in [0.05, 0.1) is 10.8 Å². The van der Waals surface area contributed by atoms with Crippen LogP contribution in [0.2, 0.25) is 0 Å². The highest BCUT2D eigenvalue weighted by Crippen LogP contribution is 2.26. The molecular weight excluding hydrogens is 390 g/mol. The Bertz CT molecular complexity index is 1010. The van der Waals surface area contributed by atoms with Crippen LogP contribution in [0.25, 0.3) is 0 Å². The fraction of sp³-hybridized carbons (Fsp3) is 0.333. The monoisotopic (exact) mass is 415 g/mol. The first-order chi connectivity index (χ1) is 13.5. The highest BCUT2D eigenvalue weighted by atomic mass is 32.2. The summed E-state index contributed by atoms with van der Waals surface area (Å²) in [6.07, 6.45) is 0.115. The van der Waals surface area contributed by atoms with Gasteiger partial charge in [0.15, 0.2) is 0 Å². The Labute approximate surface area is 171 Å². The number of benzene rings is 2. The Morgan fingerprint density at radius 3 is 2.41 bits per heavy atom. The highest BCUT2D eigenvalue weighted by Gasteiger charge is 2.35. The zero-order valence-electron chi connectivity index (χ0n) is 16.7. The van der Waals surface area contributed by atoms with E-state index in [1.165, 1.54) is 12.1 Å². The summed E-state index contributed by atoms with van der Waals surface area (Å²) in [6.45, 7) is 5.56. The lowest BCUT2D eigenvalue weighted by Crippen LogP contribution is -2.40. The third-order valence-corrected chi connectivity index (χ3v) is 6.17.